The van der Waals surface area contributed by atoms with Crippen LogP contribution in [0.1, 0.15) is 34.2 Å². The summed E-state index contributed by atoms with van der Waals surface area (Å²) in [7, 11) is 1.48. The number of rotatable bonds is 8. The van der Waals surface area contributed by atoms with Gasteiger partial charge in [0, 0.05) is 10.9 Å². The van der Waals surface area contributed by atoms with E-state index in [-0.39, 0.29) is 22.8 Å². The van der Waals surface area contributed by atoms with Gasteiger partial charge in [0.25, 0.3) is 5.56 Å². The first-order valence-corrected chi connectivity index (χ1v) is 12.1. The Labute approximate surface area is 219 Å². The molecule has 4 rings (SSSR count). The molecule has 184 valence electrons. The summed E-state index contributed by atoms with van der Waals surface area (Å²) in [4.78, 5) is 28.9. The number of aryl methyl sites for hydroxylation is 1. The number of carboxylic acid groups (broad SMARTS) is 1. The van der Waals surface area contributed by atoms with Gasteiger partial charge in [-0.25, -0.2) is 9.78 Å². The van der Waals surface area contributed by atoms with E-state index in [0.717, 1.165) is 4.47 Å². The van der Waals surface area contributed by atoms with Crippen molar-refractivity contribution < 1.29 is 19.4 Å². The molecule has 0 amide bonds. The Balaban J connectivity index is 1.64. The lowest BCUT2D eigenvalue weighted by molar-refractivity contribution is 0.0696. The number of ether oxygens (including phenoxy) is 2. The van der Waals surface area contributed by atoms with Crippen molar-refractivity contribution in [3.05, 3.63) is 97.0 Å². The van der Waals surface area contributed by atoms with Gasteiger partial charge in [-0.2, -0.15) is 9.78 Å². The average Bonchev–Trinajstić information content (AvgIpc) is 2.87. The molecule has 0 atom stereocenters. The van der Waals surface area contributed by atoms with Crippen LogP contribution >= 0.6 is 27.5 Å². The first-order chi connectivity index (χ1) is 17.3. The van der Waals surface area contributed by atoms with Crippen molar-refractivity contribution in [3.8, 4) is 11.5 Å². The zero-order chi connectivity index (χ0) is 25.8. The van der Waals surface area contributed by atoms with Crippen molar-refractivity contribution in [1.29, 1.82) is 0 Å². The van der Waals surface area contributed by atoms with Gasteiger partial charge in [-0.15, -0.1) is 0 Å². The van der Waals surface area contributed by atoms with Gasteiger partial charge < -0.3 is 14.6 Å². The topological polar surface area (TPSA) is 103 Å². The van der Waals surface area contributed by atoms with Crippen LogP contribution in [0.25, 0.3) is 10.9 Å². The van der Waals surface area contributed by atoms with Crippen LogP contribution < -0.4 is 15.0 Å². The number of hydrogen-bond acceptors (Lipinski definition) is 6. The highest BCUT2D eigenvalue weighted by Crippen LogP contribution is 2.36. The summed E-state index contributed by atoms with van der Waals surface area (Å²) in [5.74, 6) is 0.172. The Morgan fingerprint density at radius 1 is 1.22 bits per heavy atom. The predicted octanol–water partition coefficient (Wildman–Crippen LogP) is 5.54. The third-order valence-electron chi connectivity index (χ3n) is 5.32. The fraction of sp³-hybridized carbons (Fsp3) is 0.154. The van der Waals surface area contributed by atoms with Crippen molar-refractivity contribution >= 4 is 50.6 Å². The normalized spacial score (nSPS) is 11.2. The maximum atomic E-state index is 13.1. The Morgan fingerprint density at radius 3 is 2.75 bits per heavy atom. The summed E-state index contributed by atoms with van der Waals surface area (Å²) in [5, 5.41) is 14.3. The average molecular weight is 571 g/mol. The number of methoxy groups -OCH3 is 1. The number of halogens is 2. The lowest BCUT2D eigenvalue weighted by Gasteiger charge is -2.14. The lowest BCUT2D eigenvalue weighted by atomic mass is 10.1. The van der Waals surface area contributed by atoms with Gasteiger partial charge in [0.05, 0.1) is 34.8 Å². The second-order valence-corrected chi connectivity index (χ2v) is 9.06. The van der Waals surface area contributed by atoms with Crippen molar-refractivity contribution in [2.24, 2.45) is 5.10 Å². The predicted molar refractivity (Wildman–Crippen MR) is 142 cm³/mol. The van der Waals surface area contributed by atoms with Gasteiger partial charge in [0.1, 0.15) is 12.4 Å². The molecule has 0 fully saturated rings. The molecule has 0 aliphatic carbocycles. The lowest BCUT2D eigenvalue weighted by Crippen LogP contribution is -2.22. The fourth-order valence-corrected chi connectivity index (χ4v) is 4.21. The van der Waals surface area contributed by atoms with E-state index in [9.17, 15) is 14.7 Å². The maximum Gasteiger partial charge on any atom is 0.335 e. The van der Waals surface area contributed by atoms with E-state index in [1.807, 2.05) is 13.0 Å². The summed E-state index contributed by atoms with van der Waals surface area (Å²) in [5.41, 5.74) is 1.74. The third kappa shape index (κ3) is 5.42. The summed E-state index contributed by atoms with van der Waals surface area (Å²) in [6.07, 6.45) is 2.01. The van der Waals surface area contributed by atoms with Crippen molar-refractivity contribution in [3.63, 3.8) is 0 Å². The number of aromatic nitrogens is 2. The molecule has 3 aromatic carbocycles. The molecule has 0 saturated heterocycles. The Bertz CT molecular complexity index is 1550. The van der Waals surface area contributed by atoms with Crippen molar-refractivity contribution in [2.45, 2.75) is 20.0 Å². The summed E-state index contributed by atoms with van der Waals surface area (Å²) in [6, 6.07) is 15.1. The van der Waals surface area contributed by atoms with E-state index in [2.05, 4.69) is 26.0 Å². The van der Waals surface area contributed by atoms with Crippen LogP contribution in [-0.2, 0) is 13.0 Å². The molecule has 36 heavy (non-hydrogen) atoms. The number of aromatic carboxylic acids is 1. The van der Waals surface area contributed by atoms with Gasteiger partial charge in [-0.05, 0) is 53.6 Å². The molecule has 8 nitrogen and oxygen atoms in total. The van der Waals surface area contributed by atoms with Gasteiger partial charge in [-0.3, -0.25) is 4.79 Å². The molecule has 1 aromatic heterocycles. The van der Waals surface area contributed by atoms with E-state index in [0.29, 0.717) is 45.8 Å². The minimum atomic E-state index is -1.02. The molecule has 1 heterocycles. The van der Waals surface area contributed by atoms with Crippen molar-refractivity contribution in [1.82, 2.24) is 9.66 Å². The molecule has 0 radical (unpaired) electrons. The number of benzene rings is 3. The highest BCUT2D eigenvalue weighted by molar-refractivity contribution is 9.10. The number of carbonyl (C=O) groups is 1. The van der Waals surface area contributed by atoms with E-state index < -0.39 is 5.97 Å². The quantitative estimate of drug-likeness (QED) is 0.279. The molecule has 10 heteroatoms. The van der Waals surface area contributed by atoms with Crippen LogP contribution in [-0.4, -0.2) is 34.1 Å². The molecule has 0 aliphatic rings. The van der Waals surface area contributed by atoms with Gasteiger partial charge in [0.2, 0.25) is 0 Å². The zero-order valence-electron chi connectivity index (χ0n) is 19.4. The summed E-state index contributed by atoms with van der Waals surface area (Å²) < 4.78 is 13.4. The summed E-state index contributed by atoms with van der Waals surface area (Å²) in [6.45, 7) is 1.99. The highest BCUT2D eigenvalue weighted by Gasteiger charge is 2.14. The molecule has 0 saturated carbocycles. The minimum Gasteiger partial charge on any atom is -0.493 e. The van der Waals surface area contributed by atoms with E-state index >= 15 is 0 Å². The first kappa shape index (κ1) is 25.4. The SMILES string of the molecule is CCc1nc2ccc(Br)cc2c(=O)n1N=Cc1cc(Cl)c(OCc2cccc(C(=O)O)c2)c(OC)c1. The van der Waals surface area contributed by atoms with E-state index in [1.165, 1.54) is 30.1 Å². The largest absolute Gasteiger partial charge is 0.493 e. The molecule has 1 N–H and O–H groups in total. The van der Waals surface area contributed by atoms with Gasteiger partial charge in [-0.1, -0.05) is 46.6 Å². The second-order valence-electron chi connectivity index (χ2n) is 7.73. The molecule has 0 aliphatic heterocycles. The molecule has 0 bridgehead atoms. The number of nitrogens with zero attached hydrogens (tertiary/aromatic N) is 3. The van der Waals surface area contributed by atoms with E-state index in [4.69, 9.17) is 21.1 Å². The van der Waals surface area contributed by atoms with Crippen LogP contribution in [0.15, 0.2) is 69.0 Å². The van der Waals surface area contributed by atoms with Crippen LogP contribution in [0.5, 0.6) is 11.5 Å². The second kappa shape index (κ2) is 10.9. The van der Waals surface area contributed by atoms with Crippen LogP contribution in [0, 0.1) is 0 Å². The first-order valence-electron chi connectivity index (χ1n) is 10.9. The maximum absolute atomic E-state index is 13.1. The smallest absolute Gasteiger partial charge is 0.335 e. The zero-order valence-corrected chi connectivity index (χ0v) is 21.7. The molecule has 4 aromatic rings. The Hall–Kier alpha value is -3.69. The number of hydrogen-bond donors (Lipinski definition) is 1. The molecule has 0 spiro atoms. The summed E-state index contributed by atoms with van der Waals surface area (Å²) >= 11 is 9.87. The molecular weight excluding hydrogens is 550 g/mol. The van der Waals surface area contributed by atoms with Gasteiger partial charge in [0.15, 0.2) is 11.5 Å². The number of carboxylic acids is 1. The Kier molecular flexibility index (Phi) is 7.71. The van der Waals surface area contributed by atoms with Crippen LogP contribution in [0.2, 0.25) is 5.02 Å². The third-order valence-corrected chi connectivity index (χ3v) is 6.10. The highest BCUT2D eigenvalue weighted by atomic mass is 79.9. The van der Waals surface area contributed by atoms with Crippen molar-refractivity contribution in [2.75, 3.05) is 7.11 Å². The molecule has 0 unspecified atom stereocenters. The van der Waals surface area contributed by atoms with Gasteiger partial charge >= 0.3 is 5.97 Å². The van der Waals surface area contributed by atoms with E-state index in [1.54, 1.807) is 36.4 Å². The fourth-order valence-electron chi connectivity index (χ4n) is 3.57. The number of fused-ring (bicyclic) bond motifs is 1. The molecular formula is C26H21BrClN3O5. The minimum absolute atomic E-state index is 0.0954. The van der Waals surface area contributed by atoms with Crippen LogP contribution in [0.3, 0.4) is 0 Å². The van der Waals surface area contributed by atoms with Crippen LogP contribution in [0.4, 0.5) is 0 Å². The Morgan fingerprint density at radius 2 is 2.03 bits per heavy atom. The standard InChI is InChI=1S/C26H21BrClN3O5/c1-3-23-30-21-8-7-18(27)12-19(21)25(32)31(23)29-13-16-10-20(28)24(22(11-16)35-2)36-14-15-5-4-6-17(9-15)26(33)34/h4-13H,3,14H2,1-2H3,(H,33,34). The monoisotopic (exact) mass is 569 g/mol.